The van der Waals surface area contributed by atoms with Gasteiger partial charge in [-0.3, -0.25) is 19.3 Å². The molecule has 0 aliphatic carbocycles. The zero-order chi connectivity index (χ0) is 27.1. The molecule has 1 aromatic heterocycles. The summed E-state index contributed by atoms with van der Waals surface area (Å²) in [7, 11) is 0. The molecule has 2 atom stereocenters. The zero-order valence-corrected chi connectivity index (χ0v) is 20.2. The van der Waals surface area contributed by atoms with E-state index in [1.165, 1.54) is 24.5 Å². The number of rotatable bonds is 9. The molecular formula is C27H26F3N3O5. The number of hydrogen-bond donors (Lipinski definition) is 2. The maximum Gasteiger partial charge on any atom is 0.416 e. The Morgan fingerprint density at radius 3 is 2.45 bits per heavy atom. The minimum atomic E-state index is -4.68. The molecule has 4 rings (SSSR count). The minimum absolute atomic E-state index is 0.0441. The van der Waals surface area contributed by atoms with Crippen molar-refractivity contribution in [2.75, 3.05) is 24.6 Å². The van der Waals surface area contributed by atoms with Crippen LogP contribution in [0.2, 0.25) is 0 Å². The number of hydrogen-bond acceptors (Lipinski definition) is 5. The van der Waals surface area contributed by atoms with E-state index in [0.29, 0.717) is 12.2 Å². The summed E-state index contributed by atoms with van der Waals surface area (Å²) in [5.74, 6) is -2.14. The van der Waals surface area contributed by atoms with Crippen molar-refractivity contribution in [2.45, 2.75) is 31.2 Å². The van der Waals surface area contributed by atoms with Gasteiger partial charge in [-0.1, -0.05) is 36.4 Å². The summed E-state index contributed by atoms with van der Waals surface area (Å²) in [5, 5.41) is 5.18. The van der Waals surface area contributed by atoms with Crippen LogP contribution in [0.1, 0.15) is 40.6 Å². The molecule has 1 saturated heterocycles. The second-order valence-corrected chi connectivity index (χ2v) is 8.67. The Labute approximate surface area is 216 Å². The molecule has 2 unspecified atom stereocenters. The fourth-order valence-corrected chi connectivity index (χ4v) is 4.17. The van der Waals surface area contributed by atoms with Crippen molar-refractivity contribution in [3.05, 3.63) is 89.9 Å². The lowest BCUT2D eigenvalue weighted by molar-refractivity contribution is -0.137. The van der Waals surface area contributed by atoms with Crippen LogP contribution >= 0.6 is 0 Å². The van der Waals surface area contributed by atoms with Crippen molar-refractivity contribution < 1.29 is 36.7 Å². The van der Waals surface area contributed by atoms with Gasteiger partial charge < -0.3 is 19.8 Å². The van der Waals surface area contributed by atoms with E-state index in [2.05, 4.69) is 10.6 Å². The van der Waals surface area contributed by atoms with Gasteiger partial charge in [0.1, 0.15) is 6.04 Å². The smallest absolute Gasteiger partial charge is 0.416 e. The summed E-state index contributed by atoms with van der Waals surface area (Å²) in [6.45, 7) is 0.160. The molecule has 3 aromatic rings. The molecule has 0 bridgehead atoms. The molecule has 200 valence electrons. The molecule has 38 heavy (non-hydrogen) atoms. The fourth-order valence-electron chi connectivity index (χ4n) is 4.17. The summed E-state index contributed by atoms with van der Waals surface area (Å²) in [6.07, 6.45) is -1.98. The van der Waals surface area contributed by atoms with Crippen LogP contribution in [-0.4, -0.2) is 43.5 Å². The van der Waals surface area contributed by atoms with Gasteiger partial charge in [0.2, 0.25) is 11.8 Å². The van der Waals surface area contributed by atoms with Crippen LogP contribution in [0, 0.1) is 0 Å². The number of nitrogens with zero attached hydrogens (tertiary/aromatic N) is 1. The largest absolute Gasteiger partial charge is 0.459 e. The molecule has 1 aliphatic rings. The lowest BCUT2D eigenvalue weighted by Crippen LogP contribution is -2.48. The second-order valence-electron chi connectivity index (χ2n) is 8.67. The van der Waals surface area contributed by atoms with E-state index < -0.39 is 42.0 Å². The number of benzene rings is 2. The van der Waals surface area contributed by atoms with Gasteiger partial charge >= 0.3 is 6.18 Å². The van der Waals surface area contributed by atoms with Crippen LogP contribution < -0.4 is 15.5 Å². The fraction of sp³-hybridized carbons (Fsp3) is 0.296. The highest BCUT2D eigenvalue weighted by Gasteiger charge is 2.36. The van der Waals surface area contributed by atoms with Crippen LogP contribution in [0.15, 0.2) is 77.4 Å². The van der Waals surface area contributed by atoms with E-state index in [0.717, 1.165) is 35.9 Å². The third-order valence-corrected chi connectivity index (χ3v) is 6.02. The molecule has 11 heteroatoms. The van der Waals surface area contributed by atoms with Crippen LogP contribution in [0.3, 0.4) is 0 Å². The van der Waals surface area contributed by atoms with Gasteiger partial charge in [-0.2, -0.15) is 13.2 Å². The number of furan rings is 1. The number of carbonyl (C=O) groups excluding carboxylic acids is 3. The summed E-state index contributed by atoms with van der Waals surface area (Å²) in [6, 6.07) is 13.9. The lowest BCUT2D eigenvalue weighted by Gasteiger charge is -2.32. The highest BCUT2D eigenvalue weighted by molar-refractivity contribution is 6.04. The average molecular weight is 530 g/mol. The molecule has 2 N–H and O–H groups in total. The number of alkyl halides is 3. The molecule has 0 radical (unpaired) electrons. The molecule has 3 amide bonds. The van der Waals surface area contributed by atoms with E-state index in [1.54, 1.807) is 30.3 Å². The quantitative estimate of drug-likeness (QED) is 0.435. The number of amides is 3. The third-order valence-electron chi connectivity index (χ3n) is 6.02. The van der Waals surface area contributed by atoms with Crippen LogP contribution in [-0.2, 0) is 20.5 Å². The van der Waals surface area contributed by atoms with Crippen molar-refractivity contribution in [2.24, 2.45) is 0 Å². The van der Waals surface area contributed by atoms with Gasteiger partial charge in [0.15, 0.2) is 5.76 Å². The highest BCUT2D eigenvalue weighted by atomic mass is 19.4. The van der Waals surface area contributed by atoms with E-state index in [4.69, 9.17) is 9.15 Å². The van der Waals surface area contributed by atoms with Crippen molar-refractivity contribution in [3.8, 4) is 0 Å². The van der Waals surface area contributed by atoms with Crippen molar-refractivity contribution in [3.63, 3.8) is 0 Å². The number of anilines is 1. The molecular weight excluding hydrogens is 503 g/mol. The predicted molar refractivity (Wildman–Crippen MR) is 131 cm³/mol. The average Bonchev–Trinajstić information content (AvgIpc) is 3.64. The second kappa shape index (κ2) is 12.0. The first-order valence-corrected chi connectivity index (χ1v) is 12.0. The molecule has 2 heterocycles. The Bertz CT molecular complexity index is 1240. The van der Waals surface area contributed by atoms with E-state index in [-0.39, 0.29) is 24.1 Å². The van der Waals surface area contributed by atoms with Crippen LogP contribution in [0.5, 0.6) is 0 Å². The van der Waals surface area contributed by atoms with Crippen LogP contribution in [0.25, 0.3) is 0 Å². The van der Waals surface area contributed by atoms with Gasteiger partial charge in [-0.25, -0.2) is 0 Å². The monoisotopic (exact) mass is 529 g/mol. The first kappa shape index (κ1) is 26.9. The topological polar surface area (TPSA) is 101 Å². The van der Waals surface area contributed by atoms with Crippen molar-refractivity contribution in [1.29, 1.82) is 0 Å². The Kier molecular flexibility index (Phi) is 8.47. The maximum absolute atomic E-state index is 13.6. The molecule has 2 aromatic carbocycles. The Morgan fingerprint density at radius 2 is 1.79 bits per heavy atom. The van der Waals surface area contributed by atoms with Gasteiger partial charge in [0.25, 0.3) is 5.91 Å². The molecule has 8 nitrogen and oxygen atoms in total. The molecule has 0 spiro atoms. The van der Waals surface area contributed by atoms with E-state index >= 15 is 0 Å². The SMILES string of the molecule is O=C(NCC(=O)N(c1cccc(C(F)(F)F)c1)C(C(=O)NCC1CCCO1)c1ccccc1)c1ccco1. The Hall–Kier alpha value is -4.12. The molecule has 0 saturated carbocycles. The Balaban J connectivity index is 1.69. The summed E-state index contributed by atoms with van der Waals surface area (Å²) < 4.78 is 51.2. The number of ether oxygens (including phenoxy) is 1. The van der Waals surface area contributed by atoms with Gasteiger partial charge in [0, 0.05) is 18.8 Å². The molecule has 1 aliphatic heterocycles. The van der Waals surface area contributed by atoms with E-state index in [1.807, 2.05) is 0 Å². The van der Waals surface area contributed by atoms with Gasteiger partial charge in [-0.15, -0.1) is 0 Å². The van der Waals surface area contributed by atoms with Crippen molar-refractivity contribution in [1.82, 2.24) is 10.6 Å². The Morgan fingerprint density at radius 1 is 1.00 bits per heavy atom. The summed E-state index contributed by atoms with van der Waals surface area (Å²) >= 11 is 0. The first-order chi connectivity index (χ1) is 18.2. The number of nitrogens with one attached hydrogen (secondary N) is 2. The predicted octanol–water partition coefficient (Wildman–Crippen LogP) is 4.10. The van der Waals surface area contributed by atoms with Crippen LogP contribution in [0.4, 0.5) is 18.9 Å². The standard InChI is InChI=1S/C27H26F3N3O5/c28-27(29,30)19-9-4-10-20(15-19)33(23(34)17-32-25(35)22-12-6-14-38-22)24(18-7-2-1-3-8-18)26(36)31-16-21-11-5-13-37-21/h1-4,6-10,12,14-15,21,24H,5,11,13,16-17H2,(H,31,36)(H,32,35). The summed E-state index contributed by atoms with van der Waals surface area (Å²) in [5.41, 5.74) is -0.766. The number of carbonyl (C=O) groups is 3. The molecule has 1 fully saturated rings. The van der Waals surface area contributed by atoms with E-state index in [9.17, 15) is 27.6 Å². The maximum atomic E-state index is 13.6. The number of halogens is 3. The van der Waals surface area contributed by atoms with Gasteiger partial charge in [0.05, 0.1) is 24.5 Å². The minimum Gasteiger partial charge on any atom is -0.459 e. The first-order valence-electron chi connectivity index (χ1n) is 12.0. The zero-order valence-electron chi connectivity index (χ0n) is 20.2. The highest BCUT2D eigenvalue weighted by Crippen LogP contribution is 2.34. The lowest BCUT2D eigenvalue weighted by atomic mass is 10.0. The summed E-state index contributed by atoms with van der Waals surface area (Å²) in [4.78, 5) is 40.4. The normalized spacial score (nSPS) is 16.0. The van der Waals surface area contributed by atoms with Gasteiger partial charge in [-0.05, 0) is 48.7 Å². The van der Waals surface area contributed by atoms with Crippen molar-refractivity contribution >= 4 is 23.4 Å². The third kappa shape index (κ3) is 6.60.